The summed E-state index contributed by atoms with van der Waals surface area (Å²) in [6.07, 6.45) is -13.1. The number of aryl methyl sites for hydroxylation is 3. The minimum atomic E-state index is -4.48. The van der Waals surface area contributed by atoms with E-state index in [-0.39, 0.29) is 42.6 Å². The van der Waals surface area contributed by atoms with Crippen LogP contribution in [0.3, 0.4) is 0 Å². The summed E-state index contributed by atoms with van der Waals surface area (Å²) in [5.41, 5.74) is 3.58. The normalized spacial score (nSPS) is 17.7. The molecule has 1 saturated heterocycles. The number of allylic oxidation sites excluding steroid dienone is 2. The lowest BCUT2D eigenvalue weighted by atomic mass is 9.85. The highest BCUT2D eigenvalue weighted by Gasteiger charge is 2.52. The second kappa shape index (κ2) is 20.7. The van der Waals surface area contributed by atoms with Gasteiger partial charge in [0.2, 0.25) is 5.91 Å². The van der Waals surface area contributed by atoms with E-state index in [1.54, 1.807) is 36.5 Å². The molecule has 0 spiro atoms. The van der Waals surface area contributed by atoms with Crippen LogP contribution in [0.2, 0.25) is 0 Å². The standard InChI is InChI=1S/C20H21F3N4O3.C10H17BN2O2.C7H7F3N2.C3H2BrF3/c1-12-9-17(26-25-12)19(2)10-15(27-30-19)13-3-5-14(6-4-13)16(28)7-8-18(29)24-11-20(21,22)23;1-7-6-8(13-12-7)11-14-9(2,3)10(4,5)15-11;1-4-3-6(12-11-4)5(2)7(8,9)10;1-2(4)3(5,6)7/h3-6,9H,7-8,10-11H2,1-2H3,(H,24,29)(H,25,26);6H,1-5H3,(H,12,13);3H,2H2,1H3,(H,11,12);1H2. The van der Waals surface area contributed by atoms with Crippen LogP contribution in [0.4, 0.5) is 39.5 Å². The van der Waals surface area contributed by atoms with E-state index in [4.69, 9.17) is 14.1 Å². The number of ketones is 1. The van der Waals surface area contributed by atoms with Gasteiger partial charge in [-0.2, -0.15) is 54.8 Å². The molecule has 1 unspecified atom stereocenters. The van der Waals surface area contributed by atoms with E-state index in [0.717, 1.165) is 28.2 Å². The predicted octanol–water partition coefficient (Wildman–Crippen LogP) is 9.17. The fourth-order valence-electron chi connectivity index (χ4n) is 5.28. The van der Waals surface area contributed by atoms with Gasteiger partial charge in [-0.25, -0.2) is 0 Å². The number of oxime groups is 1. The lowest BCUT2D eigenvalue weighted by Crippen LogP contribution is -2.41. The Labute approximate surface area is 371 Å². The summed E-state index contributed by atoms with van der Waals surface area (Å²) in [5.74, 6) is -1.15. The lowest BCUT2D eigenvalue weighted by molar-refractivity contribution is -0.138. The average molecular weight is 982 g/mol. The Balaban J connectivity index is 0.000000265. The molecule has 5 heterocycles. The topological polar surface area (TPSA) is 172 Å². The van der Waals surface area contributed by atoms with Crippen molar-refractivity contribution in [1.29, 1.82) is 0 Å². The highest BCUT2D eigenvalue weighted by molar-refractivity contribution is 9.11. The van der Waals surface area contributed by atoms with Crippen molar-refractivity contribution in [2.24, 2.45) is 5.16 Å². The van der Waals surface area contributed by atoms with E-state index in [9.17, 15) is 49.1 Å². The summed E-state index contributed by atoms with van der Waals surface area (Å²) in [7, 11) is -0.337. The molecule has 2 aliphatic heterocycles. The Bertz CT molecular complexity index is 2270. The SMILES string of the molecule is C=C(Br)C(F)(F)F.C=C(c1cc(C)[nH]n1)C(F)(F)F.Cc1cc(B2OC(C)(C)C(C)(C)O2)[nH]n1.Cc1cc(C2(C)CC(c3ccc(C(=O)CCC(=O)NCC(F)(F)F)cc3)=NO2)n[nH]1. The van der Waals surface area contributed by atoms with Crippen molar-refractivity contribution < 1.29 is 63.2 Å². The van der Waals surface area contributed by atoms with Crippen molar-refractivity contribution in [3.63, 3.8) is 0 Å². The van der Waals surface area contributed by atoms with Gasteiger partial charge in [0.05, 0.1) is 44.0 Å². The molecule has 3 aromatic heterocycles. The molecule has 4 N–H and O–H groups in total. The van der Waals surface area contributed by atoms with Crippen molar-refractivity contribution in [2.45, 2.75) is 110 Å². The highest BCUT2D eigenvalue weighted by atomic mass is 79.9. The summed E-state index contributed by atoms with van der Waals surface area (Å²) >= 11 is 2.18. The van der Waals surface area contributed by atoms with E-state index in [2.05, 4.69) is 64.8 Å². The second-order valence-corrected chi connectivity index (χ2v) is 16.7. The molecule has 4 aromatic rings. The molecule has 0 radical (unpaired) electrons. The summed E-state index contributed by atoms with van der Waals surface area (Å²) in [5, 5.41) is 25.9. The van der Waals surface area contributed by atoms with E-state index in [0.29, 0.717) is 23.4 Å². The fraction of sp³-hybridized carbons (Fsp3) is 0.450. The Hall–Kier alpha value is -5.23. The average Bonchev–Trinajstić information content (AvgIpc) is 4.02. The minimum Gasteiger partial charge on any atom is -0.398 e. The second-order valence-electron chi connectivity index (χ2n) is 15.7. The smallest absolute Gasteiger partial charge is 0.398 e. The number of hydrogen-bond acceptors (Lipinski definition) is 9. The van der Waals surface area contributed by atoms with Crippen LogP contribution in [0.5, 0.6) is 0 Å². The molecule has 1 aromatic carbocycles. The molecule has 0 bridgehead atoms. The van der Waals surface area contributed by atoms with Gasteiger partial charge in [-0.15, -0.1) is 0 Å². The molecule has 350 valence electrons. The maximum atomic E-state index is 12.2. The number of carbonyl (C=O) groups excluding carboxylic acids is 2. The van der Waals surface area contributed by atoms with Crippen LogP contribution in [0.1, 0.15) is 98.3 Å². The first-order valence-electron chi connectivity index (χ1n) is 19.1. The van der Waals surface area contributed by atoms with Crippen LogP contribution >= 0.6 is 15.9 Å². The summed E-state index contributed by atoms with van der Waals surface area (Å²) in [4.78, 5) is 29.2. The van der Waals surface area contributed by atoms with Crippen molar-refractivity contribution in [1.82, 2.24) is 35.9 Å². The van der Waals surface area contributed by atoms with E-state index in [1.807, 2.05) is 60.6 Å². The quantitative estimate of drug-likeness (QED) is 0.0731. The number of H-pyrrole nitrogens is 3. The van der Waals surface area contributed by atoms with Crippen LogP contribution < -0.4 is 10.9 Å². The van der Waals surface area contributed by atoms with Gasteiger partial charge < -0.3 is 19.5 Å². The van der Waals surface area contributed by atoms with E-state index in [1.165, 1.54) is 6.07 Å². The zero-order valence-electron chi connectivity index (χ0n) is 36.0. The van der Waals surface area contributed by atoms with Gasteiger partial charge in [0.25, 0.3) is 0 Å². The van der Waals surface area contributed by atoms with E-state index >= 15 is 0 Å². The fourth-order valence-corrected chi connectivity index (χ4v) is 5.28. The first-order valence-corrected chi connectivity index (χ1v) is 19.8. The zero-order valence-corrected chi connectivity index (χ0v) is 37.6. The number of carbonyl (C=O) groups is 2. The number of benzene rings is 1. The van der Waals surface area contributed by atoms with Crippen LogP contribution in [-0.4, -0.2) is 91.4 Å². The van der Waals surface area contributed by atoms with Gasteiger partial charge in [0.15, 0.2) is 11.4 Å². The maximum Gasteiger partial charge on any atom is 0.513 e. The van der Waals surface area contributed by atoms with Crippen LogP contribution in [0.15, 0.2) is 65.3 Å². The van der Waals surface area contributed by atoms with Crippen molar-refractivity contribution >= 4 is 51.6 Å². The molecule has 1 amide bonds. The Kier molecular flexibility index (Phi) is 17.2. The molecule has 13 nitrogen and oxygen atoms in total. The third kappa shape index (κ3) is 15.5. The molecule has 64 heavy (non-hydrogen) atoms. The highest BCUT2D eigenvalue weighted by Crippen LogP contribution is 2.37. The number of Topliss-reactive ketones (excluding diaryl/α,β-unsaturated/α-hetero) is 1. The molecule has 24 heteroatoms. The van der Waals surface area contributed by atoms with Gasteiger partial charge in [-0.3, -0.25) is 24.9 Å². The number of amides is 1. The largest absolute Gasteiger partial charge is 0.513 e. The molecule has 0 aliphatic carbocycles. The number of nitrogens with zero attached hydrogens (tertiary/aromatic N) is 4. The number of halogens is 10. The van der Waals surface area contributed by atoms with E-state index < -0.39 is 46.6 Å². The molecular formula is C40H47BBrF9N8O5. The number of nitrogens with one attached hydrogen (secondary N) is 4. The molecule has 1 atom stereocenters. The van der Waals surface area contributed by atoms with Gasteiger partial charge in [-0.05, 0) is 95.1 Å². The maximum absolute atomic E-state index is 12.2. The summed E-state index contributed by atoms with van der Waals surface area (Å²) < 4.78 is 116. The van der Waals surface area contributed by atoms with Gasteiger partial charge in [0.1, 0.15) is 12.2 Å². The lowest BCUT2D eigenvalue weighted by Gasteiger charge is -2.32. The van der Waals surface area contributed by atoms with Gasteiger partial charge >= 0.3 is 25.6 Å². The molecule has 1 fully saturated rings. The van der Waals surface area contributed by atoms with Crippen LogP contribution in [0.25, 0.3) is 5.57 Å². The van der Waals surface area contributed by atoms with Gasteiger partial charge in [0, 0.05) is 36.2 Å². The number of aromatic nitrogens is 6. The zero-order chi connectivity index (χ0) is 48.6. The monoisotopic (exact) mass is 980 g/mol. The predicted molar refractivity (Wildman–Crippen MR) is 224 cm³/mol. The molecule has 2 aliphatic rings. The number of aromatic amines is 3. The number of alkyl halides is 9. The molecular weight excluding hydrogens is 934 g/mol. The number of hydrogen-bond donors (Lipinski definition) is 4. The minimum absolute atomic E-state index is 0.153. The third-order valence-corrected chi connectivity index (χ3v) is 10.1. The van der Waals surface area contributed by atoms with Crippen molar-refractivity contribution in [3.05, 3.63) is 99.7 Å². The first kappa shape index (κ1) is 53.1. The summed E-state index contributed by atoms with van der Waals surface area (Å²) in [6, 6.07) is 11.8. The number of rotatable bonds is 9. The van der Waals surface area contributed by atoms with Crippen molar-refractivity contribution in [2.75, 3.05) is 6.54 Å². The van der Waals surface area contributed by atoms with Crippen molar-refractivity contribution in [3.8, 4) is 0 Å². The van der Waals surface area contributed by atoms with Crippen LogP contribution in [0, 0.1) is 20.8 Å². The Morgan fingerprint density at radius 3 is 1.78 bits per heavy atom. The first-order chi connectivity index (χ1) is 29.2. The Morgan fingerprint density at radius 2 is 1.34 bits per heavy atom. The van der Waals surface area contributed by atoms with Gasteiger partial charge in [-0.1, -0.05) is 42.6 Å². The molecule has 0 saturated carbocycles. The summed E-state index contributed by atoms with van der Waals surface area (Å²) in [6.45, 7) is 19.6. The molecule has 6 rings (SSSR count). The third-order valence-electron chi connectivity index (χ3n) is 9.61. The van der Waals surface area contributed by atoms with Crippen LogP contribution in [-0.2, 0) is 24.5 Å². The Morgan fingerprint density at radius 1 is 0.797 bits per heavy atom.